The van der Waals surface area contributed by atoms with Crippen molar-refractivity contribution < 1.29 is 56.2 Å². The fourth-order valence-corrected chi connectivity index (χ4v) is 6.17. The van der Waals surface area contributed by atoms with Gasteiger partial charge in [0.15, 0.2) is 6.29 Å². The predicted molar refractivity (Wildman–Crippen MR) is 225 cm³/mol. The number of hydrogen-bond donors (Lipinski definition) is 4. The van der Waals surface area contributed by atoms with Crippen LogP contribution in [0.4, 0.5) is 0 Å². The van der Waals surface area contributed by atoms with Crippen molar-refractivity contribution in [3.8, 4) is 0 Å². The summed E-state index contributed by atoms with van der Waals surface area (Å²) in [6, 6.07) is 0. The summed E-state index contributed by atoms with van der Waals surface area (Å²) < 4.78 is 58.6. The minimum Gasteiger partial charge on any atom is -0.457 e. The third kappa shape index (κ3) is 29.2. The van der Waals surface area contributed by atoms with Crippen LogP contribution in [0.15, 0.2) is 85.1 Å². The van der Waals surface area contributed by atoms with Crippen molar-refractivity contribution in [3.63, 3.8) is 0 Å². The van der Waals surface area contributed by atoms with Crippen LogP contribution in [-0.4, -0.2) is 97.5 Å². The normalized spacial score (nSPS) is 21.5. The fourth-order valence-electron chi connectivity index (χ4n) is 5.66. The van der Waals surface area contributed by atoms with Gasteiger partial charge in [-0.25, -0.2) is 4.18 Å². The molecule has 0 amide bonds. The molecule has 6 unspecified atom stereocenters. The van der Waals surface area contributed by atoms with Crippen molar-refractivity contribution in [2.45, 2.75) is 160 Å². The molecule has 4 N–H and O–H groups in total. The highest BCUT2D eigenvalue weighted by Gasteiger charge is 2.48. The molecule has 0 radical (unpaired) electrons. The molecule has 1 fully saturated rings. The second kappa shape index (κ2) is 35.2. The maximum atomic E-state index is 12.7. The number of hydrogen-bond acceptors (Lipinski definition) is 11. The monoisotopic (exact) mass is 824 g/mol. The topological polar surface area (TPSA) is 178 Å². The molecule has 0 spiro atoms. The van der Waals surface area contributed by atoms with E-state index in [1.165, 1.54) is 25.7 Å². The number of ether oxygens (including phenoxy) is 4. The van der Waals surface area contributed by atoms with Crippen LogP contribution in [0.2, 0.25) is 0 Å². The second-order valence-electron chi connectivity index (χ2n) is 13.9. The number of rotatable bonds is 34. The van der Waals surface area contributed by atoms with Crippen molar-refractivity contribution >= 4 is 16.4 Å². The van der Waals surface area contributed by atoms with E-state index >= 15 is 0 Å². The van der Waals surface area contributed by atoms with Gasteiger partial charge in [0.05, 0.1) is 19.8 Å². The largest absolute Gasteiger partial charge is 0.457 e. The molecule has 57 heavy (non-hydrogen) atoms. The van der Waals surface area contributed by atoms with E-state index in [9.17, 15) is 28.5 Å². The maximum absolute atomic E-state index is 12.7. The van der Waals surface area contributed by atoms with E-state index < -0.39 is 59.8 Å². The van der Waals surface area contributed by atoms with E-state index in [0.29, 0.717) is 19.4 Å². The van der Waals surface area contributed by atoms with E-state index in [1.807, 2.05) is 6.08 Å². The first kappa shape index (κ1) is 52.3. The lowest BCUT2D eigenvalue weighted by Crippen LogP contribution is -2.60. The van der Waals surface area contributed by atoms with E-state index in [4.69, 9.17) is 23.5 Å². The fraction of sp³-hybridized carbons (Fsp3) is 0.659. The van der Waals surface area contributed by atoms with E-state index in [0.717, 1.165) is 64.2 Å². The molecule has 1 saturated heterocycles. The smallest absolute Gasteiger partial charge is 0.397 e. The molecule has 12 nitrogen and oxygen atoms in total. The van der Waals surface area contributed by atoms with Crippen molar-refractivity contribution in [2.75, 3.05) is 26.4 Å². The van der Waals surface area contributed by atoms with Crippen molar-refractivity contribution in [1.29, 1.82) is 0 Å². The van der Waals surface area contributed by atoms with Gasteiger partial charge in [-0.2, -0.15) is 8.42 Å². The first-order valence-corrected chi connectivity index (χ1v) is 22.2. The Balaban J connectivity index is 2.44. The molecule has 6 atom stereocenters. The summed E-state index contributed by atoms with van der Waals surface area (Å²) in [6.45, 7) is 3.72. The summed E-state index contributed by atoms with van der Waals surface area (Å²) in [5.41, 5.74) is 0. The summed E-state index contributed by atoms with van der Waals surface area (Å²) in [4.78, 5) is 12.7. The number of aliphatic hydroxyl groups is 3. The standard InChI is InChI=1S/C44H72O12S/c1-3-5-7-9-11-12-13-14-15-16-17-18-19-20-21-22-23-24-25-26-27-29-31-33-40(46)54-38(36-52-34-32-30-28-10-8-6-4-2)37-53-44-42(48)43(56-57(49,50)51)41(47)39(35-45)55-44/h5,7,11-12,14-15,17-18,20-21,23-24,26-27,38-39,41-45,47-48H,3-4,6,8-10,13,16,19,22,25,28-37H2,1-2H3,(H,49,50,51)/b7-5-,12-11-,15-14-,18-17-,21-20-,24-23-,27-26-. The molecule has 0 saturated carbocycles. The predicted octanol–water partition coefficient (Wildman–Crippen LogP) is 8.12. The third-order valence-electron chi connectivity index (χ3n) is 8.78. The van der Waals surface area contributed by atoms with Crippen LogP contribution in [0.25, 0.3) is 0 Å². The zero-order valence-electron chi connectivity index (χ0n) is 34.4. The summed E-state index contributed by atoms with van der Waals surface area (Å²) in [6.07, 6.45) is 36.5. The molecule has 1 rings (SSSR count). The average molecular weight is 825 g/mol. The van der Waals surface area contributed by atoms with Crippen LogP contribution in [0.5, 0.6) is 0 Å². The minimum atomic E-state index is -5.07. The molecule has 0 aromatic rings. The number of allylic oxidation sites excluding steroid dienone is 14. The molecule has 13 heteroatoms. The first-order valence-electron chi connectivity index (χ1n) is 20.8. The summed E-state index contributed by atoms with van der Waals surface area (Å²) in [5.74, 6) is -0.463. The third-order valence-corrected chi connectivity index (χ3v) is 9.25. The quantitative estimate of drug-likeness (QED) is 0.0212. The Bertz CT molecular complexity index is 1320. The summed E-state index contributed by atoms with van der Waals surface area (Å²) >= 11 is 0. The highest BCUT2D eigenvalue weighted by molar-refractivity contribution is 7.80. The molecular formula is C44H72O12S. The molecule has 1 aliphatic rings. The number of unbranched alkanes of at least 4 members (excludes halogenated alkanes) is 7. The lowest BCUT2D eigenvalue weighted by atomic mass is 9.99. The van der Waals surface area contributed by atoms with Gasteiger partial charge < -0.3 is 34.3 Å². The Hall–Kier alpha value is -2.72. The minimum absolute atomic E-state index is 0.00719. The van der Waals surface area contributed by atoms with Crippen LogP contribution in [0, 0.1) is 0 Å². The zero-order valence-corrected chi connectivity index (χ0v) is 35.2. The SMILES string of the molecule is CC/C=C\C/C=C\C/C=C\C/C=C\C/C=C\C/C=C\C/C=C\CCCC(=O)OC(COCCCCCCCCC)COC1OC(CO)C(O)C(OS(=O)(=O)O)C1O. The Morgan fingerprint density at radius 1 is 0.684 bits per heavy atom. The zero-order chi connectivity index (χ0) is 41.8. The van der Waals surface area contributed by atoms with Crippen molar-refractivity contribution in [3.05, 3.63) is 85.1 Å². The van der Waals surface area contributed by atoms with Crippen LogP contribution in [0.3, 0.4) is 0 Å². The summed E-state index contributed by atoms with van der Waals surface area (Å²) in [7, 11) is -5.07. The van der Waals surface area contributed by atoms with Gasteiger partial charge in [-0.3, -0.25) is 9.35 Å². The van der Waals surface area contributed by atoms with Crippen LogP contribution < -0.4 is 0 Å². The van der Waals surface area contributed by atoms with Gasteiger partial charge in [0.2, 0.25) is 0 Å². The Kier molecular flexibility index (Phi) is 32.3. The van der Waals surface area contributed by atoms with Gasteiger partial charge in [-0.15, -0.1) is 0 Å². The van der Waals surface area contributed by atoms with Gasteiger partial charge in [-0.1, -0.05) is 137 Å². The van der Waals surface area contributed by atoms with Crippen LogP contribution >= 0.6 is 0 Å². The Morgan fingerprint density at radius 2 is 1.19 bits per heavy atom. The van der Waals surface area contributed by atoms with Gasteiger partial charge in [0, 0.05) is 13.0 Å². The van der Waals surface area contributed by atoms with Crippen molar-refractivity contribution in [1.82, 2.24) is 0 Å². The molecular weight excluding hydrogens is 753 g/mol. The maximum Gasteiger partial charge on any atom is 0.397 e. The number of carbonyl (C=O) groups excluding carboxylic acids is 1. The lowest BCUT2D eigenvalue weighted by Gasteiger charge is -2.41. The van der Waals surface area contributed by atoms with Crippen LogP contribution in [0.1, 0.15) is 123 Å². The number of carbonyl (C=O) groups is 1. The molecule has 0 bridgehead atoms. The summed E-state index contributed by atoms with van der Waals surface area (Å²) in [5, 5.41) is 30.5. The van der Waals surface area contributed by atoms with Gasteiger partial charge >= 0.3 is 16.4 Å². The van der Waals surface area contributed by atoms with Gasteiger partial charge in [0.25, 0.3) is 0 Å². The van der Waals surface area contributed by atoms with E-state index in [-0.39, 0.29) is 19.6 Å². The number of esters is 1. The molecule has 0 aromatic carbocycles. The highest BCUT2D eigenvalue weighted by atomic mass is 32.3. The first-order chi connectivity index (χ1) is 27.6. The molecule has 0 aliphatic carbocycles. The van der Waals surface area contributed by atoms with E-state index in [1.54, 1.807) is 0 Å². The Labute approximate surface area is 343 Å². The van der Waals surface area contributed by atoms with Gasteiger partial charge in [0.1, 0.15) is 30.5 Å². The molecule has 0 aromatic heterocycles. The average Bonchev–Trinajstić information content (AvgIpc) is 3.18. The molecule has 1 aliphatic heterocycles. The van der Waals surface area contributed by atoms with E-state index in [2.05, 4.69) is 97.0 Å². The lowest BCUT2D eigenvalue weighted by molar-refractivity contribution is -0.301. The highest BCUT2D eigenvalue weighted by Crippen LogP contribution is 2.26. The molecule has 1 heterocycles. The van der Waals surface area contributed by atoms with Crippen molar-refractivity contribution in [2.24, 2.45) is 0 Å². The van der Waals surface area contributed by atoms with Gasteiger partial charge in [-0.05, 0) is 64.2 Å². The molecule has 326 valence electrons. The Morgan fingerprint density at radius 3 is 1.70 bits per heavy atom. The second-order valence-corrected chi connectivity index (χ2v) is 14.9. The number of aliphatic hydroxyl groups excluding tert-OH is 3. The van der Waals surface area contributed by atoms with Crippen LogP contribution in [-0.2, 0) is 38.3 Å².